The predicted octanol–water partition coefficient (Wildman–Crippen LogP) is 0.644. The maximum atomic E-state index is 12.4. The van der Waals surface area contributed by atoms with E-state index in [1.165, 1.54) is 7.11 Å². The van der Waals surface area contributed by atoms with Crippen LogP contribution in [0.25, 0.3) is 0 Å². The summed E-state index contributed by atoms with van der Waals surface area (Å²) in [5.41, 5.74) is 1.65. The van der Waals surface area contributed by atoms with Crippen molar-refractivity contribution in [2.75, 3.05) is 26.0 Å². The molecule has 0 aliphatic carbocycles. The number of nitrogens with zero attached hydrogens (tertiary/aromatic N) is 2. The lowest BCUT2D eigenvalue weighted by Gasteiger charge is -2.14. The summed E-state index contributed by atoms with van der Waals surface area (Å²) in [4.78, 5) is 35.4. The molecule has 0 saturated heterocycles. The van der Waals surface area contributed by atoms with E-state index in [0.29, 0.717) is 11.3 Å². The maximum Gasteiger partial charge on any atom is 0.325 e. The topological polar surface area (TPSA) is 114 Å². The Labute approximate surface area is 162 Å². The normalized spacial score (nSPS) is 11.1. The molecule has 0 saturated carbocycles. The number of hydrogen-bond acceptors (Lipinski definition) is 6. The molecule has 0 fully saturated rings. The third-order valence-electron chi connectivity index (χ3n) is 3.64. The van der Waals surface area contributed by atoms with Crippen molar-refractivity contribution in [1.29, 1.82) is 0 Å². The SMILES string of the molecule is CNC(C(=O)Nc1ccc(C(=O)NCC(=O)OC)cc1)c1cnn(C)c1.Cl. The third kappa shape index (κ3) is 6.08. The summed E-state index contributed by atoms with van der Waals surface area (Å²) in [6.45, 7) is -0.206. The summed E-state index contributed by atoms with van der Waals surface area (Å²) in [7, 11) is 4.71. The molecule has 1 aromatic heterocycles. The van der Waals surface area contributed by atoms with E-state index in [0.717, 1.165) is 5.56 Å². The summed E-state index contributed by atoms with van der Waals surface area (Å²) in [6, 6.07) is 5.79. The van der Waals surface area contributed by atoms with Crippen LogP contribution in [0.3, 0.4) is 0 Å². The van der Waals surface area contributed by atoms with E-state index in [4.69, 9.17) is 0 Å². The Morgan fingerprint density at radius 1 is 1.22 bits per heavy atom. The van der Waals surface area contributed by atoms with E-state index in [2.05, 4.69) is 25.8 Å². The van der Waals surface area contributed by atoms with Gasteiger partial charge in [-0.1, -0.05) is 0 Å². The van der Waals surface area contributed by atoms with Crippen LogP contribution in [-0.2, 0) is 21.4 Å². The van der Waals surface area contributed by atoms with Crippen molar-refractivity contribution in [1.82, 2.24) is 20.4 Å². The fourth-order valence-corrected chi connectivity index (χ4v) is 2.28. The second kappa shape index (κ2) is 10.3. The number of halogens is 1. The van der Waals surface area contributed by atoms with Gasteiger partial charge in [0.05, 0.1) is 13.3 Å². The number of ether oxygens (including phenoxy) is 1. The predicted molar refractivity (Wildman–Crippen MR) is 102 cm³/mol. The standard InChI is InChI=1S/C17H21N5O4.ClH/c1-18-15(12-8-20-22(2)10-12)17(25)21-13-6-4-11(5-7-13)16(24)19-9-14(23)26-3;/h4-8,10,15,18H,9H2,1-3H3,(H,19,24)(H,21,25);1H. The molecule has 0 radical (unpaired) electrons. The third-order valence-corrected chi connectivity index (χ3v) is 3.64. The molecule has 2 amide bonds. The summed E-state index contributed by atoms with van der Waals surface area (Å²) in [6.07, 6.45) is 3.38. The number of benzene rings is 1. The van der Waals surface area contributed by atoms with Gasteiger partial charge in [-0.25, -0.2) is 0 Å². The number of nitrogens with one attached hydrogen (secondary N) is 3. The molecular formula is C17H22ClN5O4. The van der Waals surface area contributed by atoms with Crippen LogP contribution in [0.1, 0.15) is 22.0 Å². The molecular weight excluding hydrogens is 374 g/mol. The first-order valence-electron chi connectivity index (χ1n) is 7.86. The summed E-state index contributed by atoms with van der Waals surface area (Å²) < 4.78 is 6.08. The van der Waals surface area contributed by atoms with Crippen molar-refractivity contribution >= 4 is 35.9 Å². The number of methoxy groups -OCH3 is 1. The van der Waals surface area contributed by atoms with E-state index in [1.807, 2.05) is 0 Å². The van der Waals surface area contributed by atoms with E-state index in [1.54, 1.807) is 55.4 Å². The average Bonchev–Trinajstić information content (AvgIpc) is 3.06. The fourth-order valence-electron chi connectivity index (χ4n) is 2.28. The van der Waals surface area contributed by atoms with Crippen LogP contribution < -0.4 is 16.0 Å². The Bertz CT molecular complexity index is 791. The van der Waals surface area contributed by atoms with Gasteiger partial charge in [0.15, 0.2) is 0 Å². The minimum atomic E-state index is -0.549. The Kier molecular flexibility index (Phi) is 8.43. The number of aryl methyl sites for hydroxylation is 1. The number of amides is 2. The zero-order chi connectivity index (χ0) is 19.1. The highest BCUT2D eigenvalue weighted by Crippen LogP contribution is 2.16. The van der Waals surface area contributed by atoms with Crippen molar-refractivity contribution < 1.29 is 19.1 Å². The highest BCUT2D eigenvalue weighted by molar-refractivity contribution is 5.98. The molecule has 2 aromatic rings. The Balaban J connectivity index is 0.00000364. The number of carbonyl (C=O) groups is 3. The van der Waals surface area contributed by atoms with Crippen LogP contribution in [0, 0.1) is 0 Å². The summed E-state index contributed by atoms with van der Waals surface area (Å²) in [5.74, 6) is -1.18. The zero-order valence-electron chi connectivity index (χ0n) is 15.2. The Morgan fingerprint density at radius 2 is 1.89 bits per heavy atom. The quantitative estimate of drug-likeness (QED) is 0.593. The van der Waals surface area contributed by atoms with Crippen LogP contribution in [0.4, 0.5) is 5.69 Å². The Morgan fingerprint density at radius 3 is 2.41 bits per heavy atom. The largest absolute Gasteiger partial charge is 0.468 e. The number of hydrogen-bond donors (Lipinski definition) is 3. The molecule has 1 atom stereocenters. The van der Waals surface area contributed by atoms with Crippen molar-refractivity contribution in [3.63, 3.8) is 0 Å². The number of likely N-dealkylation sites (N-methyl/N-ethyl adjacent to an activating group) is 1. The molecule has 10 heteroatoms. The van der Waals surface area contributed by atoms with Gasteiger partial charge >= 0.3 is 5.97 Å². The lowest BCUT2D eigenvalue weighted by molar-refractivity contribution is -0.139. The second-order valence-electron chi connectivity index (χ2n) is 5.49. The van der Waals surface area contributed by atoms with Crippen molar-refractivity contribution in [3.05, 3.63) is 47.8 Å². The van der Waals surface area contributed by atoms with Gasteiger partial charge in [-0.15, -0.1) is 12.4 Å². The van der Waals surface area contributed by atoms with Gasteiger partial charge in [0.1, 0.15) is 12.6 Å². The fraction of sp³-hybridized carbons (Fsp3) is 0.294. The number of anilines is 1. The van der Waals surface area contributed by atoms with Crippen molar-refractivity contribution in [3.8, 4) is 0 Å². The molecule has 9 nitrogen and oxygen atoms in total. The summed E-state index contributed by atoms with van der Waals surface area (Å²) in [5, 5.41) is 12.2. The van der Waals surface area contributed by atoms with Crippen LogP contribution in [0.15, 0.2) is 36.7 Å². The highest BCUT2D eigenvalue weighted by Gasteiger charge is 2.20. The van der Waals surface area contributed by atoms with E-state index in [-0.39, 0.29) is 24.9 Å². The van der Waals surface area contributed by atoms with Gasteiger partial charge in [0.25, 0.3) is 5.91 Å². The molecule has 0 aliphatic rings. The number of carbonyl (C=O) groups excluding carboxylic acids is 3. The molecule has 27 heavy (non-hydrogen) atoms. The van der Waals surface area contributed by atoms with Crippen molar-refractivity contribution in [2.45, 2.75) is 6.04 Å². The second-order valence-corrected chi connectivity index (χ2v) is 5.49. The molecule has 0 bridgehead atoms. The molecule has 3 N–H and O–H groups in total. The zero-order valence-corrected chi connectivity index (χ0v) is 16.0. The minimum absolute atomic E-state index is 0. The van der Waals surface area contributed by atoms with E-state index >= 15 is 0 Å². The highest BCUT2D eigenvalue weighted by atomic mass is 35.5. The van der Waals surface area contributed by atoms with E-state index in [9.17, 15) is 14.4 Å². The van der Waals surface area contributed by atoms with Gasteiger partial charge in [-0.05, 0) is 31.3 Å². The van der Waals surface area contributed by atoms with Crippen LogP contribution in [-0.4, -0.2) is 48.3 Å². The van der Waals surface area contributed by atoms with E-state index < -0.39 is 17.9 Å². The van der Waals surface area contributed by atoms with Crippen LogP contribution in [0.2, 0.25) is 0 Å². The first-order chi connectivity index (χ1) is 12.4. The molecule has 1 heterocycles. The summed E-state index contributed by atoms with van der Waals surface area (Å²) >= 11 is 0. The van der Waals surface area contributed by atoms with Gasteiger partial charge in [-0.2, -0.15) is 5.10 Å². The van der Waals surface area contributed by atoms with Gasteiger partial charge < -0.3 is 20.7 Å². The molecule has 1 aromatic carbocycles. The smallest absolute Gasteiger partial charge is 0.325 e. The molecule has 2 rings (SSSR count). The average molecular weight is 396 g/mol. The van der Waals surface area contributed by atoms with Crippen LogP contribution in [0.5, 0.6) is 0 Å². The lowest BCUT2D eigenvalue weighted by atomic mass is 10.1. The maximum absolute atomic E-state index is 12.4. The molecule has 0 aliphatic heterocycles. The molecule has 1 unspecified atom stereocenters. The number of rotatable bonds is 7. The Hall–Kier alpha value is -2.91. The lowest BCUT2D eigenvalue weighted by Crippen LogP contribution is -2.31. The first-order valence-corrected chi connectivity index (χ1v) is 7.86. The van der Waals surface area contributed by atoms with Crippen LogP contribution >= 0.6 is 12.4 Å². The first kappa shape index (κ1) is 22.1. The van der Waals surface area contributed by atoms with Gasteiger partial charge in [0.2, 0.25) is 5.91 Å². The monoisotopic (exact) mass is 395 g/mol. The van der Waals surface area contributed by atoms with Gasteiger partial charge in [0, 0.05) is 30.1 Å². The molecule has 146 valence electrons. The number of esters is 1. The minimum Gasteiger partial charge on any atom is -0.468 e. The van der Waals surface area contributed by atoms with Gasteiger partial charge in [-0.3, -0.25) is 19.1 Å². The van der Waals surface area contributed by atoms with Crippen molar-refractivity contribution in [2.24, 2.45) is 7.05 Å². The molecule has 0 spiro atoms. The number of aromatic nitrogens is 2.